The molecule has 0 aliphatic carbocycles. The zero-order valence-electron chi connectivity index (χ0n) is 17.6. The van der Waals surface area contributed by atoms with E-state index in [4.69, 9.17) is 9.84 Å². The Bertz CT molecular complexity index is 595. The number of carboxylic acid groups (broad SMARTS) is 1. The third kappa shape index (κ3) is 7.60. The van der Waals surface area contributed by atoms with Crippen molar-refractivity contribution in [2.24, 2.45) is 5.92 Å². The molecule has 5 heteroatoms. The Kier molecular flexibility index (Phi) is 7.83. The topological polar surface area (TPSA) is 53.0 Å². The van der Waals surface area contributed by atoms with Gasteiger partial charge in [0.2, 0.25) is 0 Å². The smallest absolute Gasteiger partial charge is 0.317 e. The van der Waals surface area contributed by atoms with Crippen molar-refractivity contribution in [1.82, 2.24) is 9.80 Å². The van der Waals surface area contributed by atoms with Gasteiger partial charge < -0.3 is 9.84 Å². The van der Waals surface area contributed by atoms with Crippen LogP contribution in [0, 0.1) is 5.92 Å². The van der Waals surface area contributed by atoms with Crippen molar-refractivity contribution in [2.45, 2.75) is 45.6 Å². The molecule has 1 aromatic rings. The Hall–Kier alpha value is -1.43. The van der Waals surface area contributed by atoms with E-state index < -0.39 is 5.97 Å². The summed E-state index contributed by atoms with van der Waals surface area (Å²) in [5.41, 5.74) is 2.96. The molecule has 1 heterocycles. The van der Waals surface area contributed by atoms with Gasteiger partial charge in [-0.05, 0) is 35.9 Å². The second-order valence-corrected chi connectivity index (χ2v) is 9.10. The number of carboxylic acids is 1. The number of benzene rings is 1. The third-order valence-electron chi connectivity index (χ3n) is 5.12. The molecule has 0 aromatic heterocycles. The van der Waals surface area contributed by atoms with Gasteiger partial charge in [0.25, 0.3) is 0 Å². The van der Waals surface area contributed by atoms with Crippen molar-refractivity contribution in [3.63, 3.8) is 0 Å². The van der Waals surface area contributed by atoms with E-state index in [9.17, 15) is 4.79 Å². The summed E-state index contributed by atoms with van der Waals surface area (Å²) < 4.78 is 5.83. The van der Waals surface area contributed by atoms with Gasteiger partial charge in [0.15, 0.2) is 0 Å². The number of aliphatic carboxylic acids is 1. The molecule has 0 spiro atoms. The van der Waals surface area contributed by atoms with E-state index in [0.29, 0.717) is 12.5 Å². The number of likely N-dealkylation sites (N-methyl/N-ethyl adjacent to an activating group) is 1. The molecule has 1 saturated heterocycles. The quantitative estimate of drug-likeness (QED) is 0.756. The minimum absolute atomic E-state index is 0.0564. The Morgan fingerprint density at radius 2 is 2.00 bits per heavy atom. The average molecular weight is 377 g/mol. The minimum Gasteiger partial charge on any atom is -0.480 e. The maximum atomic E-state index is 10.8. The number of ether oxygens (including phenoxy) is 1. The van der Waals surface area contributed by atoms with E-state index in [1.54, 1.807) is 0 Å². The number of hydrogen-bond donors (Lipinski definition) is 1. The molecule has 0 amide bonds. The fourth-order valence-corrected chi connectivity index (χ4v) is 3.75. The van der Waals surface area contributed by atoms with Crippen LogP contribution in [0.25, 0.3) is 0 Å². The van der Waals surface area contributed by atoms with Crippen LogP contribution in [-0.4, -0.2) is 73.4 Å². The fraction of sp³-hybridized carbons (Fsp3) is 0.682. The molecule has 1 N–H and O–H groups in total. The van der Waals surface area contributed by atoms with Crippen molar-refractivity contribution in [1.29, 1.82) is 0 Å². The summed E-state index contributed by atoms with van der Waals surface area (Å²) in [6.07, 6.45) is 1.16. The molecule has 5 nitrogen and oxygen atoms in total. The van der Waals surface area contributed by atoms with Crippen LogP contribution in [0.4, 0.5) is 0 Å². The summed E-state index contributed by atoms with van der Waals surface area (Å²) in [4.78, 5) is 15.1. The van der Waals surface area contributed by atoms with Gasteiger partial charge in [0, 0.05) is 26.2 Å². The van der Waals surface area contributed by atoms with E-state index in [1.807, 2.05) is 11.9 Å². The summed E-state index contributed by atoms with van der Waals surface area (Å²) in [7, 11) is 1.83. The maximum absolute atomic E-state index is 10.8. The molecule has 2 atom stereocenters. The molecule has 1 fully saturated rings. The van der Waals surface area contributed by atoms with Crippen LogP contribution < -0.4 is 0 Å². The van der Waals surface area contributed by atoms with E-state index in [-0.39, 0.29) is 18.1 Å². The maximum Gasteiger partial charge on any atom is 0.317 e. The highest BCUT2D eigenvalue weighted by Crippen LogP contribution is 2.23. The first-order valence-corrected chi connectivity index (χ1v) is 9.97. The van der Waals surface area contributed by atoms with Crippen molar-refractivity contribution in [2.75, 3.05) is 46.4 Å². The largest absolute Gasteiger partial charge is 0.480 e. The molecule has 1 aromatic carbocycles. The molecule has 152 valence electrons. The Labute approximate surface area is 164 Å². The highest BCUT2D eigenvalue weighted by molar-refractivity contribution is 5.69. The van der Waals surface area contributed by atoms with Crippen molar-refractivity contribution in [3.8, 4) is 0 Å². The van der Waals surface area contributed by atoms with Gasteiger partial charge in [-0.25, -0.2) is 0 Å². The van der Waals surface area contributed by atoms with Gasteiger partial charge in [-0.2, -0.15) is 0 Å². The zero-order chi connectivity index (χ0) is 20.0. The van der Waals surface area contributed by atoms with Crippen LogP contribution in [0.1, 0.15) is 38.8 Å². The molecular weight excluding hydrogens is 340 g/mol. The van der Waals surface area contributed by atoms with Crippen LogP contribution in [-0.2, 0) is 21.4 Å². The average Bonchev–Trinajstić information content (AvgIpc) is 2.53. The number of carbonyl (C=O) groups is 1. The first kappa shape index (κ1) is 21.9. The van der Waals surface area contributed by atoms with E-state index in [0.717, 1.165) is 32.7 Å². The first-order chi connectivity index (χ1) is 12.6. The lowest BCUT2D eigenvalue weighted by Crippen LogP contribution is -2.48. The van der Waals surface area contributed by atoms with Crippen LogP contribution in [0.2, 0.25) is 0 Å². The van der Waals surface area contributed by atoms with Crippen molar-refractivity contribution in [3.05, 3.63) is 35.4 Å². The molecule has 2 unspecified atom stereocenters. The number of rotatable bonds is 8. The molecule has 0 radical (unpaired) electrons. The van der Waals surface area contributed by atoms with E-state index in [1.165, 1.54) is 11.1 Å². The molecule has 1 aliphatic rings. The van der Waals surface area contributed by atoms with E-state index >= 15 is 0 Å². The van der Waals surface area contributed by atoms with Gasteiger partial charge in [0.05, 0.1) is 19.3 Å². The summed E-state index contributed by atoms with van der Waals surface area (Å²) in [6.45, 7) is 13.3. The van der Waals surface area contributed by atoms with Crippen LogP contribution in [0.3, 0.4) is 0 Å². The molecule has 1 aliphatic heterocycles. The summed E-state index contributed by atoms with van der Waals surface area (Å²) in [5, 5.41) is 8.89. The molecule has 2 rings (SSSR count). The predicted octanol–water partition coefficient (Wildman–Crippen LogP) is 2.88. The van der Waals surface area contributed by atoms with Crippen molar-refractivity contribution >= 4 is 5.97 Å². The van der Waals surface area contributed by atoms with Crippen LogP contribution >= 0.6 is 0 Å². The number of nitrogens with zero attached hydrogens (tertiary/aromatic N) is 2. The lowest BCUT2D eigenvalue weighted by atomic mass is 9.86. The van der Waals surface area contributed by atoms with Gasteiger partial charge in [-0.1, -0.05) is 52.0 Å². The molecule has 0 bridgehead atoms. The normalized spacial score (nSPS) is 20.0. The molecule has 27 heavy (non-hydrogen) atoms. The minimum atomic E-state index is -0.795. The second kappa shape index (κ2) is 9.67. The predicted molar refractivity (Wildman–Crippen MR) is 109 cm³/mol. The highest BCUT2D eigenvalue weighted by Gasteiger charge is 2.23. The lowest BCUT2D eigenvalue weighted by molar-refractivity contribution is -0.138. The van der Waals surface area contributed by atoms with Gasteiger partial charge in [0.1, 0.15) is 0 Å². The Morgan fingerprint density at radius 1 is 1.33 bits per heavy atom. The Balaban J connectivity index is 1.81. The zero-order valence-corrected chi connectivity index (χ0v) is 17.6. The molecule has 0 saturated carbocycles. The van der Waals surface area contributed by atoms with Crippen LogP contribution in [0.15, 0.2) is 24.3 Å². The standard InChI is InChI=1S/C22H36N2O3/c1-17(12-18-6-8-19(9-7-18)22(2,3)4)13-24-10-11-27-20(15-24)14-23(5)16-21(25)26/h6-9,17,20H,10-16H2,1-5H3,(H,25,26). The van der Waals surface area contributed by atoms with Crippen LogP contribution in [0.5, 0.6) is 0 Å². The monoisotopic (exact) mass is 376 g/mol. The van der Waals surface area contributed by atoms with Gasteiger partial charge >= 0.3 is 5.97 Å². The SMILES string of the molecule is CC(Cc1ccc(C(C)(C)C)cc1)CN1CCOC(CN(C)CC(=O)O)C1. The van der Waals surface area contributed by atoms with Gasteiger partial charge in [-0.15, -0.1) is 0 Å². The van der Waals surface area contributed by atoms with Gasteiger partial charge in [-0.3, -0.25) is 14.6 Å². The Morgan fingerprint density at radius 3 is 2.59 bits per heavy atom. The third-order valence-corrected chi connectivity index (χ3v) is 5.12. The lowest BCUT2D eigenvalue weighted by Gasteiger charge is -2.35. The molecular formula is C22H36N2O3. The first-order valence-electron chi connectivity index (χ1n) is 9.97. The summed E-state index contributed by atoms with van der Waals surface area (Å²) >= 11 is 0. The highest BCUT2D eigenvalue weighted by atomic mass is 16.5. The second-order valence-electron chi connectivity index (χ2n) is 9.10. The summed E-state index contributed by atoms with van der Waals surface area (Å²) in [6, 6.07) is 9.04. The fourth-order valence-electron chi connectivity index (χ4n) is 3.75. The number of morpholine rings is 1. The summed E-state index contributed by atoms with van der Waals surface area (Å²) in [5.74, 6) is -0.225. The van der Waals surface area contributed by atoms with E-state index in [2.05, 4.69) is 56.9 Å². The van der Waals surface area contributed by atoms with Crippen molar-refractivity contribution < 1.29 is 14.6 Å². The number of hydrogen-bond acceptors (Lipinski definition) is 4.